The smallest absolute Gasteiger partial charge is 0.243 e. The van der Waals surface area contributed by atoms with Crippen molar-refractivity contribution >= 4 is 32.6 Å². The molecule has 23 heavy (non-hydrogen) atoms. The maximum absolute atomic E-state index is 12.7. The SMILES string of the molecule is C[C@@H](c1cc2ccccc2o1)N(C)S(=O)(=O)c1cccc(Cl)c1. The summed E-state index contributed by atoms with van der Waals surface area (Å²) >= 11 is 5.90. The van der Waals surface area contributed by atoms with Gasteiger partial charge in [0.05, 0.1) is 10.9 Å². The fourth-order valence-corrected chi connectivity index (χ4v) is 4.02. The molecule has 3 rings (SSSR count). The summed E-state index contributed by atoms with van der Waals surface area (Å²) in [7, 11) is -2.12. The Morgan fingerprint density at radius 2 is 1.83 bits per heavy atom. The van der Waals surface area contributed by atoms with Gasteiger partial charge in [-0.25, -0.2) is 8.42 Å². The Kier molecular flexibility index (Phi) is 4.19. The van der Waals surface area contributed by atoms with Crippen molar-refractivity contribution in [2.45, 2.75) is 17.9 Å². The van der Waals surface area contributed by atoms with Crippen molar-refractivity contribution in [2.75, 3.05) is 7.05 Å². The van der Waals surface area contributed by atoms with Crippen molar-refractivity contribution in [3.05, 3.63) is 65.4 Å². The van der Waals surface area contributed by atoms with Gasteiger partial charge in [0.15, 0.2) is 0 Å². The maximum atomic E-state index is 12.7. The molecule has 0 N–H and O–H groups in total. The van der Waals surface area contributed by atoms with E-state index in [4.69, 9.17) is 16.0 Å². The van der Waals surface area contributed by atoms with Gasteiger partial charge in [-0.05, 0) is 37.3 Å². The quantitative estimate of drug-likeness (QED) is 0.698. The average Bonchev–Trinajstić information content (AvgIpc) is 2.97. The van der Waals surface area contributed by atoms with Gasteiger partial charge in [0, 0.05) is 17.5 Å². The lowest BCUT2D eigenvalue weighted by atomic mass is 10.2. The number of furan rings is 1. The number of sulfonamides is 1. The van der Waals surface area contributed by atoms with Crippen LogP contribution in [0.4, 0.5) is 0 Å². The first-order chi connectivity index (χ1) is 10.9. The van der Waals surface area contributed by atoms with Crippen LogP contribution in [0.25, 0.3) is 11.0 Å². The lowest BCUT2D eigenvalue weighted by Crippen LogP contribution is -2.29. The molecule has 0 unspecified atom stereocenters. The normalized spacial score (nSPS) is 13.6. The lowest BCUT2D eigenvalue weighted by Gasteiger charge is -2.22. The maximum Gasteiger partial charge on any atom is 0.243 e. The second kappa shape index (κ2) is 6.00. The molecule has 1 heterocycles. The highest BCUT2D eigenvalue weighted by molar-refractivity contribution is 7.89. The minimum atomic E-state index is -3.66. The molecule has 1 atom stereocenters. The number of nitrogens with zero attached hydrogens (tertiary/aromatic N) is 1. The molecule has 4 nitrogen and oxygen atoms in total. The average molecular weight is 350 g/mol. The summed E-state index contributed by atoms with van der Waals surface area (Å²) in [5, 5.41) is 1.33. The van der Waals surface area contributed by atoms with Crippen LogP contribution in [-0.2, 0) is 10.0 Å². The molecule has 0 bridgehead atoms. The van der Waals surface area contributed by atoms with Crippen LogP contribution in [0.3, 0.4) is 0 Å². The van der Waals surface area contributed by atoms with Gasteiger partial charge in [0.1, 0.15) is 11.3 Å². The Bertz CT molecular complexity index is 916. The van der Waals surface area contributed by atoms with Gasteiger partial charge in [-0.1, -0.05) is 35.9 Å². The summed E-state index contributed by atoms with van der Waals surface area (Å²) in [5.74, 6) is 0.597. The molecule has 2 aromatic carbocycles. The highest BCUT2D eigenvalue weighted by atomic mass is 35.5. The Morgan fingerprint density at radius 3 is 2.52 bits per heavy atom. The zero-order chi connectivity index (χ0) is 16.6. The van der Waals surface area contributed by atoms with Gasteiger partial charge in [-0.15, -0.1) is 0 Å². The third kappa shape index (κ3) is 3.00. The number of para-hydroxylation sites is 1. The summed E-state index contributed by atoms with van der Waals surface area (Å²) in [5.41, 5.74) is 0.739. The van der Waals surface area contributed by atoms with Gasteiger partial charge in [0.25, 0.3) is 0 Å². The summed E-state index contributed by atoms with van der Waals surface area (Å²) in [6, 6.07) is 15.2. The van der Waals surface area contributed by atoms with Crippen LogP contribution < -0.4 is 0 Å². The molecule has 0 aliphatic rings. The highest BCUT2D eigenvalue weighted by Gasteiger charge is 2.28. The van der Waals surface area contributed by atoms with Crippen molar-refractivity contribution in [1.82, 2.24) is 4.31 Å². The van der Waals surface area contributed by atoms with Crippen LogP contribution in [-0.4, -0.2) is 19.8 Å². The number of benzene rings is 2. The van der Waals surface area contributed by atoms with E-state index >= 15 is 0 Å². The molecule has 0 spiro atoms. The first-order valence-electron chi connectivity index (χ1n) is 7.11. The Balaban J connectivity index is 1.96. The van der Waals surface area contributed by atoms with Gasteiger partial charge in [-0.3, -0.25) is 0 Å². The van der Waals surface area contributed by atoms with Crippen molar-refractivity contribution in [3.63, 3.8) is 0 Å². The largest absolute Gasteiger partial charge is 0.459 e. The topological polar surface area (TPSA) is 50.5 Å². The second-order valence-corrected chi connectivity index (χ2v) is 7.78. The van der Waals surface area contributed by atoms with Crippen LogP contribution in [0.1, 0.15) is 18.7 Å². The fraction of sp³-hybridized carbons (Fsp3) is 0.176. The third-order valence-corrected chi connectivity index (χ3v) is 6.03. The zero-order valence-electron chi connectivity index (χ0n) is 12.7. The van der Waals surface area contributed by atoms with Crippen LogP contribution in [0, 0.1) is 0 Å². The summed E-state index contributed by atoms with van der Waals surface area (Å²) in [4.78, 5) is 0.162. The molecule has 0 fully saturated rings. The molecule has 6 heteroatoms. The molecule has 0 radical (unpaired) electrons. The van der Waals surface area contributed by atoms with E-state index in [1.165, 1.54) is 23.5 Å². The van der Waals surface area contributed by atoms with Gasteiger partial charge >= 0.3 is 0 Å². The van der Waals surface area contributed by atoms with Crippen molar-refractivity contribution in [2.24, 2.45) is 0 Å². The molecule has 1 aromatic heterocycles. The number of fused-ring (bicyclic) bond motifs is 1. The van der Waals surface area contributed by atoms with Crippen molar-refractivity contribution < 1.29 is 12.8 Å². The van der Waals surface area contributed by atoms with E-state index in [1.54, 1.807) is 19.1 Å². The van der Waals surface area contributed by atoms with E-state index < -0.39 is 16.1 Å². The second-order valence-electron chi connectivity index (χ2n) is 5.34. The minimum Gasteiger partial charge on any atom is -0.459 e. The molecule has 0 saturated heterocycles. The van der Waals surface area contributed by atoms with Crippen molar-refractivity contribution in [1.29, 1.82) is 0 Å². The Hall–Kier alpha value is -1.82. The zero-order valence-corrected chi connectivity index (χ0v) is 14.3. The van der Waals surface area contributed by atoms with E-state index in [0.717, 1.165) is 11.0 Å². The number of rotatable bonds is 4. The van der Waals surface area contributed by atoms with Crippen LogP contribution >= 0.6 is 11.6 Å². The predicted molar refractivity (Wildman–Crippen MR) is 91.0 cm³/mol. The standard InChI is InChI=1S/C17H16ClNO3S/c1-12(17-10-13-6-3-4-9-16(13)22-17)19(2)23(20,21)15-8-5-7-14(18)11-15/h3-12H,1-2H3/t12-/m0/s1. The molecule has 3 aromatic rings. The van der Waals surface area contributed by atoms with Gasteiger partial charge < -0.3 is 4.42 Å². The Labute approximate surface area is 140 Å². The van der Waals surface area contributed by atoms with E-state index in [9.17, 15) is 8.42 Å². The molecule has 0 saturated carbocycles. The molecule has 120 valence electrons. The van der Waals surface area contributed by atoms with E-state index in [1.807, 2.05) is 30.3 Å². The molecule has 0 aliphatic heterocycles. The number of hydrogen-bond acceptors (Lipinski definition) is 3. The summed E-state index contributed by atoms with van der Waals surface area (Å²) in [6.45, 7) is 1.79. The van der Waals surface area contributed by atoms with Gasteiger partial charge in [0.2, 0.25) is 10.0 Å². The predicted octanol–water partition coefficient (Wildman–Crippen LogP) is 4.47. The van der Waals surface area contributed by atoms with E-state index in [2.05, 4.69) is 0 Å². The molecular weight excluding hydrogens is 334 g/mol. The van der Waals surface area contributed by atoms with Crippen LogP contribution in [0.5, 0.6) is 0 Å². The third-order valence-electron chi connectivity index (χ3n) is 3.87. The minimum absolute atomic E-state index is 0.162. The van der Waals surface area contributed by atoms with E-state index in [-0.39, 0.29) is 4.90 Å². The first kappa shape index (κ1) is 16.1. The molecule has 0 amide bonds. The molecular formula is C17H16ClNO3S. The first-order valence-corrected chi connectivity index (χ1v) is 8.93. The fourth-order valence-electron chi connectivity index (χ4n) is 2.39. The highest BCUT2D eigenvalue weighted by Crippen LogP contribution is 2.30. The van der Waals surface area contributed by atoms with Crippen LogP contribution in [0.2, 0.25) is 5.02 Å². The lowest BCUT2D eigenvalue weighted by molar-refractivity contribution is 0.348. The summed E-state index contributed by atoms with van der Waals surface area (Å²) < 4.78 is 32.5. The molecule has 0 aliphatic carbocycles. The van der Waals surface area contributed by atoms with E-state index in [0.29, 0.717) is 10.8 Å². The van der Waals surface area contributed by atoms with Crippen LogP contribution in [0.15, 0.2) is 63.9 Å². The Morgan fingerprint density at radius 1 is 1.09 bits per heavy atom. The van der Waals surface area contributed by atoms with Crippen molar-refractivity contribution in [3.8, 4) is 0 Å². The van der Waals surface area contributed by atoms with Gasteiger partial charge in [-0.2, -0.15) is 4.31 Å². The number of hydrogen-bond donors (Lipinski definition) is 0. The monoisotopic (exact) mass is 349 g/mol. The summed E-state index contributed by atoms with van der Waals surface area (Å²) in [6.07, 6.45) is 0. The number of halogens is 1.